The van der Waals surface area contributed by atoms with Crippen molar-refractivity contribution in [2.24, 2.45) is 0 Å². The van der Waals surface area contributed by atoms with Gasteiger partial charge in [0.1, 0.15) is 0 Å². The van der Waals surface area contributed by atoms with E-state index in [2.05, 4.69) is 31.4 Å². The smallest absolute Gasteiger partial charge is 0.368 e. The molecule has 5 atom stereocenters. The molecule has 5 rings (SSSR count). The van der Waals surface area contributed by atoms with Crippen molar-refractivity contribution in [2.45, 2.75) is 359 Å². The van der Waals surface area contributed by atoms with Crippen LogP contribution in [0.4, 0.5) is 0 Å². The molecular formula is C61H148N2O14S4Si2. The van der Waals surface area contributed by atoms with Gasteiger partial charge in [-0.3, -0.25) is 18.7 Å². The van der Waals surface area contributed by atoms with Crippen molar-refractivity contribution >= 4 is 71.2 Å². The van der Waals surface area contributed by atoms with Crippen LogP contribution in [0.3, 0.4) is 0 Å². The van der Waals surface area contributed by atoms with E-state index in [0.717, 1.165) is 62.3 Å². The van der Waals surface area contributed by atoms with E-state index in [9.17, 15) is 26.4 Å². The van der Waals surface area contributed by atoms with Crippen LogP contribution in [0.15, 0.2) is 0 Å². The molecule has 5 unspecified atom stereocenters. The van der Waals surface area contributed by atoms with Crippen molar-refractivity contribution in [1.82, 2.24) is 10.6 Å². The molecule has 2 amide bonds. The monoisotopic (exact) mass is 1320 g/mol. The van der Waals surface area contributed by atoms with Gasteiger partial charge in [0.05, 0.1) is 48.1 Å². The summed E-state index contributed by atoms with van der Waals surface area (Å²) < 4.78 is 91.8. The number of hydrogen-bond donors (Lipinski definition) is 4. The molecule has 5 saturated heterocycles. The summed E-state index contributed by atoms with van der Waals surface area (Å²) in [5, 5.41) is 6.79. The van der Waals surface area contributed by atoms with Crippen LogP contribution in [-0.2, 0) is 56.4 Å². The lowest BCUT2D eigenvalue weighted by Crippen LogP contribution is -2.44. The molecule has 83 heavy (non-hydrogen) atoms. The zero-order chi connectivity index (χ0) is 68.7. The second-order valence-electron chi connectivity index (χ2n) is 14.7. The first-order chi connectivity index (χ1) is 39.8. The molecule has 0 aromatic heterocycles. The molecule has 5 fully saturated rings. The van der Waals surface area contributed by atoms with Gasteiger partial charge in [-0.15, -0.1) is 0 Å². The normalized spacial score (nSPS) is 22.3. The zero-order valence-corrected chi connectivity index (χ0v) is 66.2. The molecule has 4 bridgehead atoms. The Morgan fingerprint density at radius 1 is 0.446 bits per heavy atom. The lowest BCUT2D eigenvalue weighted by Gasteiger charge is -2.26. The molecule has 0 radical (unpaired) electrons. The van der Waals surface area contributed by atoms with Gasteiger partial charge in [-0.05, 0) is 72.6 Å². The van der Waals surface area contributed by atoms with Gasteiger partial charge in [0.2, 0.25) is 11.8 Å². The maximum Gasteiger partial charge on any atom is 0.502 e. The SMILES string of the molecule is CC.CC.CC.CC.CC.CC.CC.CC.CC.CC.CC.CC.CC.CC.CC1O[Si]2(CCCNC(=O)CCCCC3CCSS3)OC(C)C1O2.CCCCCC(=O)NCCC[Si]12OC(C)C(O1)C(C)O2.O=S(=O)(O)CCCS(=O)(=O)O. The summed E-state index contributed by atoms with van der Waals surface area (Å²) in [4.78, 5) is 23.5. The van der Waals surface area contributed by atoms with Crippen molar-refractivity contribution in [3.8, 4) is 0 Å². The van der Waals surface area contributed by atoms with Crippen molar-refractivity contribution in [1.29, 1.82) is 0 Å². The summed E-state index contributed by atoms with van der Waals surface area (Å²) in [6.45, 7) is 67.7. The predicted molar refractivity (Wildman–Crippen MR) is 376 cm³/mol. The van der Waals surface area contributed by atoms with Crippen LogP contribution in [0.1, 0.15) is 306 Å². The molecule has 0 aromatic carbocycles. The zero-order valence-electron chi connectivity index (χ0n) is 60.9. The molecule has 518 valence electrons. The molecule has 16 nitrogen and oxygen atoms in total. The number of carbonyl (C=O) groups is 2. The second kappa shape index (κ2) is 83.7. The third-order valence-electron chi connectivity index (χ3n) is 9.63. The van der Waals surface area contributed by atoms with E-state index in [-0.39, 0.29) is 54.9 Å². The first-order valence-corrected chi connectivity index (χ1v) is 43.1. The number of unbranched alkanes of at least 4 members (excludes halogenated alkanes) is 3. The van der Waals surface area contributed by atoms with E-state index in [1.54, 1.807) is 0 Å². The molecule has 0 saturated carbocycles. The predicted octanol–water partition coefficient (Wildman–Crippen LogP) is 19.1. The van der Waals surface area contributed by atoms with Crippen LogP contribution < -0.4 is 10.6 Å². The number of fused-ring (bicyclic) bond motifs is 4. The molecular weight excluding hydrogens is 1170 g/mol. The summed E-state index contributed by atoms with van der Waals surface area (Å²) in [6, 6.07) is 1.60. The van der Waals surface area contributed by atoms with Gasteiger partial charge in [-0.1, -0.05) is 242 Å². The van der Waals surface area contributed by atoms with Crippen LogP contribution in [0.2, 0.25) is 12.1 Å². The highest BCUT2D eigenvalue weighted by Gasteiger charge is 2.61. The molecule has 22 heteroatoms. The highest BCUT2D eigenvalue weighted by molar-refractivity contribution is 8.77. The number of nitrogens with one attached hydrogen (secondary N) is 2. The maximum atomic E-state index is 11.9. The van der Waals surface area contributed by atoms with Gasteiger partial charge in [-0.2, -0.15) is 16.8 Å². The van der Waals surface area contributed by atoms with Gasteiger partial charge in [0.15, 0.2) is 0 Å². The van der Waals surface area contributed by atoms with Crippen molar-refractivity contribution in [2.75, 3.05) is 30.3 Å². The van der Waals surface area contributed by atoms with E-state index in [4.69, 9.17) is 35.7 Å². The fourth-order valence-electron chi connectivity index (χ4n) is 6.91. The fourth-order valence-corrected chi connectivity index (χ4v) is 17.8. The average molecular weight is 1320 g/mol. The highest BCUT2D eigenvalue weighted by atomic mass is 33.1. The van der Waals surface area contributed by atoms with Gasteiger partial charge in [0.25, 0.3) is 20.2 Å². The van der Waals surface area contributed by atoms with Gasteiger partial charge in [-0.25, -0.2) is 0 Å². The van der Waals surface area contributed by atoms with Crippen LogP contribution in [0, 0.1) is 0 Å². The Balaban J connectivity index is -0.0000000771. The topological polar surface area (TPSA) is 222 Å². The van der Waals surface area contributed by atoms with Gasteiger partial charge < -0.3 is 37.2 Å². The summed E-state index contributed by atoms with van der Waals surface area (Å²) >= 11 is 0. The maximum absolute atomic E-state index is 11.9. The third kappa shape index (κ3) is 65.9. The Kier molecular flexibility index (Phi) is 111. The Morgan fingerprint density at radius 2 is 0.735 bits per heavy atom. The Bertz CT molecular complexity index is 1370. The number of amides is 2. The molecule has 4 N–H and O–H groups in total. The largest absolute Gasteiger partial charge is 0.502 e. The summed E-state index contributed by atoms with van der Waals surface area (Å²) in [5.74, 6) is 0.288. The summed E-state index contributed by atoms with van der Waals surface area (Å²) in [5.41, 5.74) is 0. The quantitative estimate of drug-likeness (QED) is 0.0363. The van der Waals surface area contributed by atoms with E-state index in [0.29, 0.717) is 25.9 Å². The first-order valence-electron chi connectivity index (χ1n) is 33.6. The molecule has 5 aliphatic heterocycles. The average Bonchev–Trinajstić information content (AvgIpc) is 4.37. The number of rotatable bonds is 21. The van der Waals surface area contributed by atoms with E-state index < -0.39 is 49.4 Å². The van der Waals surface area contributed by atoms with Gasteiger partial charge in [0, 0.05) is 49.0 Å². The van der Waals surface area contributed by atoms with E-state index in [1.165, 1.54) is 18.6 Å². The van der Waals surface area contributed by atoms with Crippen LogP contribution >= 0.6 is 21.6 Å². The first kappa shape index (κ1) is 110. The Labute approximate surface area is 530 Å². The highest BCUT2D eigenvalue weighted by Crippen LogP contribution is 2.42. The Hall–Kier alpha value is -0.346. The fraction of sp³-hybridized carbons (Fsp3) is 0.967. The molecule has 0 aliphatic carbocycles. The van der Waals surface area contributed by atoms with Crippen LogP contribution in [0.25, 0.3) is 0 Å². The minimum Gasteiger partial charge on any atom is -0.368 e. The van der Waals surface area contributed by atoms with Gasteiger partial charge >= 0.3 is 17.6 Å². The van der Waals surface area contributed by atoms with E-state index >= 15 is 0 Å². The minimum atomic E-state index is -4.12. The van der Waals surface area contributed by atoms with E-state index in [1.807, 2.05) is 229 Å². The lowest BCUT2D eigenvalue weighted by molar-refractivity contribution is -0.122. The van der Waals surface area contributed by atoms with Crippen molar-refractivity contribution in [3.63, 3.8) is 0 Å². The molecule has 5 heterocycles. The van der Waals surface area contributed by atoms with Crippen LogP contribution in [0.5, 0.6) is 0 Å². The molecule has 5 aliphatic rings. The van der Waals surface area contributed by atoms with Crippen LogP contribution in [-0.4, -0.2) is 128 Å². The molecule has 0 aromatic rings. The third-order valence-corrected chi connectivity index (χ3v) is 20.4. The minimum absolute atomic E-state index is 0.0997. The summed E-state index contributed by atoms with van der Waals surface area (Å²) in [6.07, 6.45) is 11.5. The Morgan fingerprint density at radius 3 is 0.976 bits per heavy atom. The molecule has 0 spiro atoms. The summed E-state index contributed by atoms with van der Waals surface area (Å²) in [7, 11) is -9.08. The number of hydrogen-bond acceptors (Lipinski definition) is 14. The second-order valence-corrected chi connectivity index (χ2v) is 25.8. The number of carbonyl (C=O) groups excluding carboxylic acids is 2. The standard InChI is InChI=1S/C16H29NO4S2Si.C14H27NO4Si.C3H8O6S2.14C2H6/c1-12-16-13(2)20-24(19-12,21-16)11-5-9-17-15(18)7-4-3-6-14-8-10-22-23-14;1-4-5-6-8-13(16)15-9-7-10-20-17-11(2)14(19-20)12(3)18-20;4-10(5,6)2-1-3-11(7,8)9;14*1-2/h12-14,16H,3-11H2,1-2H3,(H,17,18);11-12,14H,4-10H2,1-3H3,(H,15,16);1-3H2,(H,4,5,6)(H,7,8,9);14*1-2H3. The van der Waals surface area contributed by atoms with Crippen molar-refractivity contribution in [3.05, 3.63) is 0 Å². The van der Waals surface area contributed by atoms with Crippen molar-refractivity contribution < 1.29 is 62.1 Å². The lowest BCUT2D eigenvalue weighted by atomic mass is 10.1.